The van der Waals surface area contributed by atoms with Crippen LogP contribution in [-0.2, 0) is 11.3 Å². The van der Waals surface area contributed by atoms with Crippen molar-refractivity contribution in [3.8, 4) is 5.82 Å². The van der Waals surface area contributed by atoms with E-state index in [-0.39, 0.29) is 6.54 Å². The smallest absolute Gasteiger partial charge is 0.267 e. The summed E-state index contributed by atoms with van der Waals surface area (Å²) in [5.41, 5.74) is 1.58. The van der Waals surface area contributed by atoms with E-state index >= 15 is 0 Å². The van der Waals surface area contributed by atoms with Crippen LogP contribution in [0.5, 0.6) is 0 Å². The minimum Gasteiger partial charge on any atom is -0.324 e. The monoisotopic (exact) mass is 341 g/mol. The Balaban J connectivity index is 1.82. The van der Waals surface area contributed by atoms with E-state index in [1.54, 1.807) is 16.8 Å². The van der Waals surface area contributed by atoms with Crippen molar-refractivity contribution in [2.75, 3.05) is 5.32 Å². The van der Waals surface area contributed by atoms with Gasteiger partial charge in [-0.1, -0.05) is 6.07 Å². The van der Waals surface area contributed by atoms with Gasteiger partial charge in [0.05, 0.1) is 5.69 Å². The average Bonchev–Trinajstić information content (AvgIpc) is 2.88. The zero-order valence-electron chi connectivity index (χ0n) is 13.7. The number of benzene rings is 1. The number of aryl methyl sites for hydroxylation is 2. The predicted molar refractivity (Wildman–Crippen MR) is 90.1 cm³/mol. The SMILES string of the molecule is Cc1cc(C)n(-c2ccc(=O)n(CC(=O)Nc3cccc(F)c3)n2)n1. The van der Waals surface area contributed by atoms with Gasteiger partial charge in [-0.05, 0) is 44.2 Å². The van der Waals surface area contributed by atoms with Crippen molar-refractivity contribution in [2.24, 2.45) is 0 Å². The van der Waals surface area contributed by atoms with E-state index in [4.69, 9.17) is 0 Å². The molecule has 0 saturated heterocycles. The molecule has 0 fully saturated rings. The third-order valence-corrected chi connectivity index (χ3v) is 3.48. The number of amides is 1. The topological polar surface area (TPSA) is 81.8 Å². The fourth-order valence-corrected chi connectivity index (χ4v) is 2.43. The van der Waals surface area contributed by atoms with Gasteiger partial charge < -0.3 is 5.32 Å². The Labute approximate surface area is 142 Å². The maximum atomic E-state index is 13.2. The first-order chi connectivity index (χ1) is 11.9. The van der Waals surface area contributed by atoms with Crippen molar-refractivity contribution in [1.82, 2.24) is 19.6 Å². The second-order valence-corrected chi connectivity index (χ2v) is 5.58. The van der Waals surface area contributed by atoms with Crippen molar-refractivity contribution in [2.45, 2.75) is 20.4 Å². The number of halogens is 1. The Morgan fingerprint density at radius 2 is 1.96 bits per heavy atom. The van der Waals surface area contributed by atoms with Crippen LogP contribution in [0.15, 0.2) is 47.3 Å². The summed E-state index contributed by atoms with van der Waals surface area (Å²) in [6.07, 6.45) is 0. The van der Waals surface area contributed by atoms with Gasteiger partial charge in [-0.3, -0.25) is 9.59 Å². The van der Waals surface area contributed by atoms with Crippen LogP contribution in [0.3, 0.4) is 0 Å². The summed E-state index contributed by atoms with van der Waals surface area (Å²) in [6.45, 7) is 3.43. The van der Waals surface area contributed by atoms with E-state index in [0.717, 1.165) is 16.1 Å². The maximum absolute atomic E-state index is 13.2. The second kappa shape index (κ2) is 6.68. The lowest BCUT2D eigenvalue weighted by Crippen LogP contribution is -2.30. The highest BCUT2D eigenvalue weighted by Crippen LogP contribution is 2.10. The molecule has 1 aromatic carbocycles. The Bertz CT molecular complexity index is 993. The first-order valence-corrected chi connectivity index (χ1v) is 7.59. The molecule has 8 heteroatoms. The van der Waals surface area contributed by atoms with Gasteiger partial charge in [0.25, 0.3) is 5.56 Å². The number of hydrogen-bond donors (Lipinski definition) is 1. The number of carbonyl (C=O) groups excluding carboxylic acids is 1. The highest BCUT2D eigenvalue weighted by Gasteiger charge is 2.10. The minimum absolute atomic E-state index is 0.289. The van der Waals surface area contributed by atoms with E-state index in [1.807, 2.05) is 19.9 Å². The minimum atomic E-state index is -0.481. The molecule has 2 heterocycles. The van der Waals surface area contributed by atoms with E-state index in [0.29, 0.717) is 11.5 Å². The number of hydrogen-bond acceptors (Lipinski definition) is 4. The summed E-state index contributed by atoms with van der Waals surface area (Å²) in [7, 11) is 0. The van der Waals surface area contributed by atoms with E-state index in [1.165, 1.54) is 24.3 Å². The maximum Gasteiger partial charge on any atom is 0.267 e. The first-order valence-electron chi connectivity index (χ1n) is 7.59. The lowest BCUT2D eigenvalue weighted by molar-refractivity contribution is -0.117. The lowest BCUT2D eigenvalue weighted by Gasteiger charge is -2.09. The van der Waals surface area contributed by atoms with Gasteiger partial charge in [-0.2, -0.15) is 5.10 Å². The molecule has 0 aliphatic carbocycles. The molecule has 7 nitrogen and oxygen atoms in total. The number of aromatic nitrogens is 4. The van der Waals surface area contributed by atoms with Gasteiger partial charge in [0.15, 0.2) is 5.82 Å². The Morgan fingerprint density at radius 3 is 2.64 bits per heavy atom. The van der Waals surface area contributed by atoms with Crippen molar-refractivity contribution in [3.05, 3.63) is 70.0 Å². The summed E-state index contributed by atoms with van der Waals surface area (Å²) >= 11 is 0. The van der Waals surface area contributed by atoms with Crippen molar-refractivity contribution in [3.63, 3.8) is 0 Å². The third-order valence-electron chi connectivity index (χ3n) is 3.48. The Hall–Kier alpha value is -3.29. The summed E-state index contributed by atoms with van der Waals surface area (Å²) in [6, 6.07) is 10.3. The normalized spacial score (nSPS) is 10.7. The van der Waals surface area contributed by atoms with Gasteiger partial charge >= 0.3 is 0 Å². The van der Waals surface area contributed by atoms with Crippen LogP contribution in [0.4, 0.5) is 10.1 Å². The van der Waals surface area contributed by atoms with E-state index in [2.05, 4.69) is 15.5 Å². The molecule has 0 spiro atoms. The Morgan fingerprint density at radius 1 is 1.16 bits per heavy atom. The van der Waals surface area contributed by atoms with Crippen molar-refractivity contribution >= 4 is 11.6 Å². The standard InChI is InChI=1S/C17H16FN5O2/c1-11-8-12(2)23(20-11)15-6-7-17(25)22(21-15)10-16(24)19-14-5-3-4-13(18)9-14/h3-9H,10H2,1-2H3,(H,19,24). The van der Waals surface area contributed by atoms with Gasteiger partial charge in [-0.25, -0.2) is 13.8 Å². The molecule has 0 atom stereocenters. The molecular weight excluding hydrogens is 325 g/mol. The average molecular weight is 341 g/mol. The molecular formula is C17H16FN5O2. The summed E-state index contributed by atoms with van der Waals surface area (Å²) < 4.78 is 15.8. The van der Waals surface area contributed by atoms with Gasteiger partial charge in [0, 0.05) is 17.4 Å². The molecule has 0 radical (unpaired) electrons. The zero-order chi connectivity index (χ0) is 18.0. The van der Waals surface area contributed by atoms with Crippen LogP contribution in [0, 0.1) is 19.7 Å². The highest BCUT2D eigenvalue weighted by molar-refractivity contribution is 5.90. The molecule has 3 rings (SSSR count). The molecule has 2 aromatic heterocycles. The number of nitrogens with one attached hydrogen (secondary N) is 1. The van der Waals surface area contributed by atoms with Crippen LogP contribution in [0.25, 0.3) is 5.82 Å². The van der Waals surface area contributed by atoms with Crippen molar-refractivity contribution < 1.29 is 9.18 Å². The quantitative estimate of drug-likeness (QED) is 0.785. The molecule has 1 amide bonds. The summed E-state index contributed by atoms with van der Waals surface area (Å²) in [4.78, 5) is 24.1. The highest BCUT2D eigenvalue weighted by atomic mass is 19.1. The molecule has 25 heavy (non-hydrogen) atoms. The van der Waals surface area contributed by atoms with Crippen LogP contribution < -0.4 is 10.9 Å². The van der Waals surface area contributed by atoms with Crippen molar-refractivity contribution in [1.29, 1.82) is 0 Å². The molecule has 128 valence electrons. The van der Waals surface area contributed by atoms with Crippen LogP contribution in [0.2, 0.25) is 0 Å². The molecule has 0 unspecified atom stereocenters. The number of anilines is 1. The Kier molecular flexibility index (Phi) is 4.42. The predicted octanol–water partition coefficient (Wildman–Crippen LogP) is 1.82. The third kappa shape index (κ3) is 3.79. The van der Waals surface area contributed by atoms with Crippen LogP contribution in [-0.4, -0.2) is 25.5 Å². The van der Waals surface area contributed by atoms with Gasteiger partial charge in [0.1, 0.15) is 12.4 Å². The van der Waals surface area contributed by atoms with Crippen LogP contribution in [0.1, 0.15) is 11.4 Å². The molecule has 0 bridgehead atoms. The summed E-state index contributed by atoms with van der Waals surface area (Å²) in [5.74, 6) is -0.505. The largest absolute Gasteiger partial charge is 0.324 e. The molecule has 3 aromatic rings. The fraction of sp³-hybridized carbons (Fsp3) is 0.176. The van der Waals surface area contributed by atoms with E-state index in [9.17, 15) is 14.0 Å². The van der Waals surface area contributed by atoms with Gasteiger partial charge in [-0.15, -0.1) is 5.10 Å². The van der Waals surface area contributed by atoms with Gasteiger partial charge in [0.2, 0.25) is 5.91 Å². The zero-order valence-corrected chi connectivity index (χ0v) is 13.7. The fourth-order valence-electron chi connectivity index (χ4n) is 2.43. The number of carbonyl (C=O) groups is 1. The summed E-state index contributed by atoms with van der Waals surface area (Å²) in [5, 5.41) is 11.0. The molecule has 0 saturated carbocycles. The molecule has 0 aliphatic heterocycles. The van der Waals surface area contributed by atoms with E-state index < -0.39 is 17.3 Å². The van der Waals surface area contributed by atoms with Crippen LogP contribution >= 0.6 is 0 Å². The first kappa shape index (κ1) is 16.6. The number of nitrogens with zero attached hydrogens (tertiary/aromatic N) is 4. The number of rotatable bonds is 4. The molecule has 1 N–H and O–H groups in total. The molecule has 0 aliphatic rings. The lowest BCUT2D eigenvalue weighted by atomic mass is 10.3. The second-order valence-electron chi connectivity index (χ2n) is 5.58.